The van der Waals surface area contributed by atoms with Crippen LogP contribution in [0.5, 0.6) is 0 Å². The summed E-state index contributed by atoms with van der Waals surface area (Å²) >= 11 is 0. The van der Waals surface area contributed by atoms with Gasteiger partial charge >= 0.3 is 0 Å². The number of carbonyl (C=O) groups is 3. The number of hydrogen-bond donors (Lipinski definition) is 2. The fourth-order valence-electron chi connectivity index (χ4n) is 3.71. The third kappa shape index (κ3) is 4.35. The molecule has 0 aliphatic carbocycles. The first-order chi connectivity index (χ1) is 14.6. The van der Waals surface area contributed by atoms with Crippen LogP contribution in [0.25, 0.3) is 10.9 Å². The Morgan fingerprint density at radius 2 is 1.80 bits per heavy atom. The Hall–Kier alpha value is -3.61. The van der Waals surface area contributed by atoms with Crippen molar-refractivity contribution in [1.82, 2.24) is 9.88 Å². The molecule has 0 radical (unpaired) electrons. The monoisotopic (exact) mass is 404 g/mol. The van der Waals surface area contributed by atoms with E-state index in [-0.39, 0.29) is 37.1 Å². The normalized spacial score (nSPS) is 13.1. The Kier molecular flexibility index (Phi) is 5.79. The summed E-state index contributed by atoms with van der Waals surface area (Å²) < 4.78 is 2.17. The first-order valence-corrected chi connectivity index (χ1v) is 10.1. The number of para-hydroxylation sites is 3. The van der Waals surface area contributed by atoms with E-state index in [9.17, 15) is 14.4 Å². The van der Waals surface area contributed by atoms with E-state index < -0.39 is 0 Å². The van der Waals surface area contributed by atoms with Gasteiger partial charge in [-0.3, -0.25) is 14.4 Å². The van der Waals surface area contributed by atoms with Crippen LogP contribution in [0.3, 0.4) is 0 Å². The van der Waals surface area contributed by atoms with Gasteiger partial charge < -0.3 is 20.1 Å². The second-order valence-electron chi connectivity index (χ2n) is 7.32. The predicted molar refractivity (Wildman–Crippen MR) is 116 cm³/mol. The van der Waals surface area contributed by atoms with Gasteiger partial charge in [0, 0.05) is 37.6 Å². The molecular weight excluding hydrogens is 380 g/mol. The van der Waals surface area contributed by atoms with Crippen molar-refractivity contribution in [3.05, 3.63) is 60.8 Å². The summed E-state index contributed by atoms with van der Waals surface area (Å²) in [6.07, 6.45) is 3.02. The van der Waals surface area contributed by atoms with E-state index >= 15 is 0 Å². The first-order valence-electron chi connectivity index (χ1n) is 10.1. The number of aromatic nitrogens is 1. The molecule has 0 unspecified atom stereocenters. The summed E-state index contributed by atoms with van der Waals surface area (Å²) in [5.41, 5.74) is 2.46. The summed E-state index contributed by atoms with van der Waals surface area (Å²) in [6.45, 7) is 1.34. The lowest BCUT2D eigenvalue weighted by Crippen LogP contribution is -2.42. The van der Waals surface area contributed by atoms with Crippen molar-refractivity contribution < 1.29 is 14.4 Å². The van der Waals surface area contributed by atoms with Crippen LogP contribution >= 0.6 is 0 Å². The predicted octanol–water partition coefficient (Wildman–Crippen LogP) is 2.91. The molecule has 4 rings (SSSR count). The van der Waals surface area contributed by atoms with Crippen molar-refractivity contribution >= 4 is 40.0 Å². The zero-order valence-corrected chi connectivity index (χ0v) is 16.6. The molecule has 2 N–H and O–H groups in total. The molecule has 7 heteroatoms. The smallest absolute Gasteiger partial charge is 0.244 e. The molecule has 154 valence electrons. The number of carbonyl (C=O) groups excluding carboxylic acids is 3. The molecule has 3 aromatic rings. The zero-order chi connectivity index (χ0) is 20.9. The Morgan fingerprint density at radius 1 is 1.00 bits per heavy atom. The number of nitrogens with zero attached hydrogens (tertiary/aromatic N) is 2. The van der Waals surface area contributed by atoms with Gasteiger partial charge in [0.05, 0.1) is 11.4 Å². The summed E-state index contributed by atoms with van der Waals surface area (Å²) in [7, 11) is 0. The fraction of sp³-hybridized carbons (Fsp3) is 0.261. The van der Waals surface area contributed by atoms with Crippen molar-refractivity contribution in [3.8, 4) is 0 Å². The van der Waals surface area contributed by atoms with Crippen molar-refractivity contribution in [1.29, 1.82) is 0 Å². The molecular formula is C23H24N4O3. The van der Waals surface area contributed by atoms with Crippen LogP contribution in [-0.4, -0.2) is 35.4 Å². The molecule has 0 saturated heterocycles. The molecule has 1 aliphatic rings. The van der Waals surface area contributed by atoms with Gasteiger partial charge in [-0.1, -0.05) is 30.3 Å². The standard InChI is InChI=1S/C23H24N4O3/c28-21(24-13-5-14-26-15-12-17-6-1-3-8-19(17)26)10-11-23(30)27-16-22(29)25-18-7-2-4-9-20(18)27/h1-4,6-9,12,15H,5,10-11,13-14,16H2,(H,24,28)(H,25,29). The summed E-state index contributed by atoms with van der Waals surface area (Å²) in [6, 6.07) is 17.4. The van der Waals surface area contributed by atoms with Crippen molar-refractivity contribution in [2.24, 2.45) is 0 Å². The molecule has 0 atom stereocenters. The number of nitrogens with one attached hydrogen (secondary N) is 2. The van der Waals surface area contributed by atoms with E-state index in [1.807, 2.05) is 18.2 Å². The Labute approximate surface area is 174 Å². The van der Waals surface area contributed by atoms with Crippen LogP contribution in [0.2, 0.25) is 0 Å². The molecule has 3 amide bonds. The fourth-order valence-corrected chi connectivity index (χ4v) is 3.71. The number of anilines is 2. The highest BCUT2D eigenvalue weighted by Crippen LogP contribution is 2.29. The SMILES string of the molecule is O=C(CCC(=O)N1CC(=O)Nc2ccccc21)NCCCn1ccc2ccccc21. The van der Waals surface area contributed by atoms with Crippen molar-refractivity contribution in [2.45, 2.75) is 25.8 Å². The zero-order valence-electron chi connectivity index (χ0n) is 16.6. The first kappa shape index (κ1) is 19.7. The third-order valence-corrected chi connectivity index (χ3v) is 5.22. The van der Waals surface area contributed by atoms with Crippen LogP contribution in [0.1, 0.15) is 19.3 Å². The molecule has 0 spiro atoms. The second-order valence-corrected chi connectivity index (χ2v) is 7.32. The van der Waals surface area contributed by atoms with Gasteiger partial charge in [-0.2, -0.15) is 0 Å². The average Bonchev–Trinajstić information content (AvgIpc) is 3.17. The number of fused-ring (bicyclic) bond motifs is 2. The van der Waals surface area contributed by atoms with Gasteiger partial charge in [-0.25, -0.2) is 0 Å². The highest BCUT2D eigenvalue weighted by molar-refractivity contribution is 6.10. The van der Waals surface area contributed by atoms with Crippen LogP contribution in [-0.2, 0) is 20.9 Å². The Balaban J connectivity index is 1.22. The number of rotatable bonds is 7. The second kappa shape index (κ2) is 8.82. The summed E-state index contributed by atoms with van der Waals surface area (Å²) in [5, 5.41) is 6.83. The van der Waals surface area contributed by atoms with Gasteiger partial charge in [0.15, 0.2) is 0 Å². The largest absolute Gasteiger partial charge is 0.356 e. The van der Waals surface area contributed by atoms with E-state index in [1.165, 1.54) is 15.8 Å². The average molecular weight is 404 g/mol. The molecule has 2 heterocycles. The molecule has 7 nitrogen and oxygen atoms in total. The lowest BCUT2D eigenvalue weighted by Gasteiger charge is -2.29. The maximum Gasteiger partial charge on any atom is 0.244 e. The van der Waals surface area contributed by atoms with Crippen LogP contribution < -0.4 is 15.5 Å². The number of aryl methyl sites for hydroxylation is 1. The minimum absolute atomic E-state index is 0.0255. The number of hydrogen-bond acceptors (Lipinski definition) is 3. The van der Waals surface area contributed by atoms with E-state index in [1.54, 1.807) is 18.2 Å². The maximum atomic E-state index is 12.6. The lowest BCUT2D eigenvalue weighted by molar-refractivity contribution is -0.125. The van der Waals surface area contributed by atoms with E-state index in [2.05, 4.69) is 39.6 Å². The van der Waals surface area contributed by atoms with E-state index in [4.69, 9.17) is 0 Å². The molecule has 30 heavy (non-hydrogen) atoms. The van der Waals surface area contributed by atoms with Crippen LogP contribution in [0.15, 0.2) is 60.8 Å². The Morgan fingerprint density at radius 3 is 2.70 bits per heavy atom. The van der Waals surface area contributed by atoms with Gasteiger partial charge in [-0.15, -0.1) is 0 Å². The van der Waals surface area contributed by atoms with Crippen molar-refractivity contribution in [3.63, 3.8) is 0 Å². The molecule has 0 fully saturated rings. The quantitative estimate of drug-likeness (QED) is 0.594. The minimum atomic E-state index is -0.232. The molecule has 2 aromatic carbocycles. The van der Waals surface area contributed by atoms with E-state index in [0.29, 0.717) is 17.9 Å². The summed E-state index contributed by atoms with van der Waals surface area (Å²) in [5.74, 6) is -0.620. The van der Waals surface area contributed by atoms with Gasteiger partial charge in [0.25, 0.3) is 0 Å². The summed E-state index contributed by atoms with van der Waals surface area (Å²) in [4.78, 5) is 38.0. The topological polar surface area (TPSA) is 83.4 Å². The molecule has 1 aromatic heterocycles. The number of benzene rings is 2. The molecule has 0 bridgehead atoms. The molecule has 1 aliphatic heterocycles. The third-order valence-electron chi connectivity index (χ3n) is 5.22. The van der Waals surface area contributed by atoms with E-state index in [0.717, 1.165) is 13.0 Å². The highest BCUT2D eigenvalue weighted by Gasteiger charge is 2.26. The lowest BCUT2D eigenvalue weighted by atomic mass is 10.1. The Bertz CT molecular complexity index is 1090. The van der Waals surface area contributed by atoms with Crippen LogP contribution in [0, 0.1) is 0 Å². The number of amides is 3. The van der Waals surface area contributed by atoms with Gasteiger partial charge in [0.1, 0.15) is 6.54 Å². The van der Waals surface area contributed by atoms with Crippen LogP contribution in [0.4, 0.5) is 11.4 Å². The van der Waals surface area contributed by atoms with Gasteiger partial charge in [0.2, 0.25) is 17.7 Å². The van der Waals surface area contributed by atoms with Gasteiger partial charge in [-0.05, 0) is 36.1 Å². The molecule has 0 saturated carbocycles. The maximum absolute atomic E-state index is 12.6. The van der Waals surface area contributed by atoms with Crippen molar-refractivity contribution in [2.75, 3.05) is 23.3 Å². The minimum Gasteiger partial charge on any atom is -0.356 e. The highest BCUT2D eigenvalue weighted by atomic mass is 16.2.